The standard InChI is InChI=1S/C14H22N6/c1-11(2)3-4-12-7-9-19(10-8-12)14-6-5-13-15-17-18-20(13)16-14/h5-6,11-12H,3-4,7-10H2,1-2H3. The molecule has 0 saturated carbocycles. The number of nitrogens with zero attached hydrogens (tertiary/aromatic N) is 6. The van der Waals surface area contributed by atoms with Gasteiger partial charge < -0.3 is 4.90 Å². The Morgan fingerprint density at radius 2 is 2.05 bits per heavy atom. The van der Waals surface area contributed by atoms with Crippen molar-refractivity contribution in [3.05, 3.63) is 12.1 Å². The molecule has 0 unspecified atom stereocenters. The van der Waals surface area contributed by atoms with Crippen LogP contribution >= 0.6 is 0 Å². The van der Waals surface area contributed by atoms with Crippen LogP contribution < -0.4 is 4.90 Å². The molecule has 0 aromatic carbocycles. The highest BCUT2D eigenvalue weighted by Gasteiger charge is 2.20. The Labute approximate surface area is 119 Å². The van der Waals surface area contributed by atoms with Gasteiger partial charge in [-0.15, -0.1) is 14.8 Å². The molecule has 1 fully saturated rings. The van der Waals surface area contributed by atoms with E-state index in [2.05, 4.69) is 39.4 Å². The van der Waals surface area contributed by atoms with Gasteiger partial charge >= 0.3 is 0 Å². The third-order valence-corrected chi connectivity index (χ3v) is 4.15. The lowest BCUT2D eigenvalue weighted by Crippen LogP contribution is -2.34. The zero-order chi connectivity index (χ0) is 13.9. The van der Waals surface area contributed by atoms with Gasteiger partial charge in [-0.05, 0) is 47.2 Å². The Balaban J connectivity index is 1.59. The van der Waals surface area contributed by atoms with Crippen molar-refractivity contribution in [2.45, 2.75) is 39.5 Å². The fraction of sp³-hybridized carbons (Fsp3) is 0.714. The Kier molecular flexibility index (Phi) is 3.80. The summed E-state index contributed by atoms with van der Waals surface area (Å²) in [7, 11) is 0. The molecule has 0 amide bonds. The monoisotopic (exact) mass is 274 g/mol. The molecule has 1 aliphatic rings. The Hall–Kier alpha value is -1.72. The molecule has 0 N–H and O–H groups in total. The minimum absolute atomic E-state index is 0.695. The number of piperidine rings is 1. The smallest absolute Gasteiger partial charge is 0.200 e. The number of rotatable bonds is 4. The lowest BCUT2D eigenvalue weighted by Gasteiger charge is -2.32. The number of aromatic nitrogens is 5. The maximum absolute atomic E-state index is 4.46. The van der Waals surface area contributed by atoms with Crippen LogP contribution in [0.25, 0.3) is 5.65 Å². The topological polar surface area (TPSA) is 59.2 Å². The van der Waals surface area contributed by atoms with E-state index < -0.39 is 0 Å². The van der Waals surface area contributed by atoms with Gasteiger partial charge in [0.2, 0.25) is 0 Å². The van der Waals surface area contributed by atoms with Crippen LogP contribution in [0.2, 0.25) is 0 Å². The average molecular weight is 274 g/mol. The Morgan fingerprint density at radius 3 is 2.80 bits per heavy atom. The third kappa shape index (κ3) is 2.89. The summed E-state index contributed by atoms with van der Waals surface area (Å²) in [6.45, 7) is 6.79. The molecule has 2 aromatic rings. The van der Waals surface area contributed by atoms with Crippen LogP contribution in [0.5, 0.6) is 0 Å². The molecule has 0 aliphatic carbocycles. The van der Waals surface area contributed by atoms with Crippen LogP contribution in [0.15, 0.2) is 12.1 Å². The first kappa shape index (κ1) is 13.3. The first-order valence-electron chi connectivity index (χ1n) is 7.53. The highest BCUT2D eigenvalue weighted by molar-refractivity contribution is 5.44. The SMILES string of the molecule is CC(C)CCC1CCN(c2ccc3nnnn3n2)CC1. The van der Waals surface area contributed by atoms with Gasteiger partial charge in [-0.2, -0.15) is 0 Å². The summed E-state index contributed by atoms with van der Waals surface area (Å²) in [5, 5.41) is 15.8. The van der Waals surface area contributed by atoms with Gasteiger partial charge in [0, 0.05) is 13.1 Å². The first-order valence-corrected chi connectivity index (χ1v) is 7.53. The molecular formula is C14H22N6. The number of hydrogen-bond acceptors (Lipinski definition) is 5. The van der Waals surface area contributed by atoms with Gasteiger partial charge in [0.05, 0.1) is 0 Å². The molecule has 0 radical (unpaired) electrons. The maximum Gasteiger partial charge on any atom is 0.200 e. The summed E-state index contributed by atoms with van der Waals surface area (Å²) < 4.78 is 1.50. The largest absolute Gasteiger partial charge is 0.355 e. The molecule has 1 saturated heterocycles. The Bertz CT molecular complexity index is 556. The molecule has 1 aliphatic heterocycles. The molecule has 20 heavy (non-hydrogen) atoms. The summed E-state index contributed by atoms with van der Waals surface area (Å²) in [5.41, 5.74) is 0.695. The maximum atomic E-state index is 4.46. The van der Waals surface area contributed by atoms with Gasteiger partial charge in [0.1, 0.15) is 0 Å². The molecule has 2 aromatic heterocycles. The van der Waals surface area contributed by atoms with E-state index in [1.54, 1.807) is 0 Å². The molecule has 3 heterocycles. The van der Waals surface area contributed by atoms with E-state index in [4.69, 9.17) is 0 Å². The third-order valence-electron chi connectivity index (χ3n) is 4.15. The zero-order valence-electron chi connectivity index (χ0n) is 12.2. The van der Waals surface area contributed by atoms with Crippen molar-refractivity contribution in [3.8, 4) is 0 Å². The van der Waals surface area contributed by atoms with Crippen molar-refractivity contribution in [2.24, 2.45) is 11.8 Å². The number of anilines is 1. The van der Waals surface area contributed by atoms with Crippen LogP contribution in [-0.2, 0) is 0 Å². The minimum atomic E-state index is 0.695. The number of fused-ring (bicyclic) bond motifs is 1. The second kappa shape index (κ2) is 5.73. The summed E-state index contributed by atoms with van der Waals surface area (Å²) in [5.74, 6) is 2.68. The van der Waals surface area contributed by atoms with Gasteiger partial charge in [-0.1, -0.05) is 26.7 Å². The lowest BCUT2D eigenvalue weighted by atomic mass is 9.90. The van der Waals surface area contributed by atoms with Gasteiger partial charge in [-0.25, -0.2) is 0 Å². The molecule has 108 valence electrons. The van der Waals surface area contributed by atoms with Crippen molar-refractivity contribution in [3.63, 3.8) is 0 Å². The van der Waals surface area contributed by atoms with E-state index in [1.807, 2.05) is 12.1 Å². The fourth-order valence-electron chi connectivity index (χ4n) is 2.83. The van der Waals surface area contributed by atoms with E-state index in [1.165, 1.54) is 30.3 Å². The lowest BCUT2D eigenvalue weighted by molar-refractivity contribution is 0.350. The summed E-state index contributed by atoms with van der Waals surface area (Å²) in [6.07, 6.45) is 5.24. The summed E-state index contributed by atoms with van der Waals surface area (Å²) in [6, 6.07) is 3.94. The van der Waals surface area contributed by atoms with E-state index in [-0.39, 0.29) is 0 Å². The van der Waals surface area contributed by atoms with Crippen molar-refractivity contribution < 1.29 is 0 Å². The van der Waals surface area contributed by atoms with Gasteiger partial charge in [-0.3, -0.25) is 0 Å². The Morgan fingerprint density at radius 1 is 1.25 bits per heavy atom. The highest BCUT2D eigenvalue weighted by atomic mass is 15.6. The summed E-state index contributed by atoms with van der Waals surface area (Å²) >= 11 is 0. The van der Waals surface area contributed by atoms with Crippen LogP contribution in [0, 0.1) is 11.8 Å². The van der Waals surface area contributed by atoms with Crippen LogP contribution in [0.1, 0.15) is 39.5 Å². The first-order chi connectivity index (χ1) is 9.72. The normalized spacial score (nSPS) is 17.2. The number of hydrogen-bond donors (Lipinski definition) is 0. The highest BCUT2D eigenvalue weighted by Crippen LogP contribution is 2.26. The van der Waals surface area contributed by atoms with Crippen LogP contribution in [-0.4, -0.2) is 38.3 Å². The van der Waals surface area contributed by atoms with Gasteiger partial charge in [0.15, 0.2) is 11.5 Å². The minimum Gasteiger partial charge on any atom is -0.355 e. The van der Waals surface area contributed by atoms with Gasteiger partial charge in [0.25, 0.3) is 0 Å². The fourth-order valence-corrected chi connectivity index (χ4v) is 2.83. The van der Waals surface area contributed by atoms with Crippen molar-refractivity contribution in [1.29, 1.82) is 0 Å². The van der Waals surface area contributed by atoms with E-state index in [0.717, 1.165) is 30.7 Å². The van der Waals surface area contributed by atoms with Crippen molar-refractivity contribution in [1.82, 2.24) is 25.3 Å². The van der Waals surface area contributed by atoms with E-state index >= 15 is 0 Å². The zero-order valence-corrected chi connectivity index (χ0v) is 12.2. The second-order valence-electron chi connectivity index (χ2n) is 6.12. The predicted molar refractivity (Wildman–Crippen MR) is 77.6 cm³/mol. The molecule has 3 rings (SSSR count). The van der Waals surface area contributed by atoms with Crippen LogP contribution in [0.4, 0.5) is 5.82 Å². The predicted octanol–water partition coefficient (Wildman–Crippen LogP) is 2.17. The van der Waals surface area contributed by atoms with E-state index in [0.29, 0.717) is 5.65 Å². The molecule has 0 spiro atoms. The quantitative estimate of drug-likeness (QED) is 0.855. The van der Waals surface area contributed by atoms with E-state index in [9.17, 15) is 0 Å². The summed E-state index contributed by atoms with van der Waals surface area (Å²) in [4.78, 5) is 2.34. The average Bonchev–Trinajstić information content (AvgIpc) is 2.93. The van der Waals surface area contributed by atoms with Crippen molar-refractivity contribution in [2.75, 3.05) is 18.0 Å². The molecule has 6 nitrogen and oxygen atoms in total. The molecular weight excluding hydrogens is 252 g/mol. The second-order valence-corrected chi connectivity index (χ2v) is 6.12. The van der Waals surface area contributed by atoms with Crippen molar-refractivity contribution >= 4 is 11.5 Å². The van der Waals surface area contributed by atoms with Crippen LogP contribution in [0.3, 0.4) is 0 Å². The molecule has 0 atom stereocenters. The molecule has 6 heteroatoms. The molecule has 0 bridgehead atoms. The number of tetrazole rings is 1.